The molecule has 0 aliphatic heterocycles. The van der Waals surface area contributed by atoms with Gasteiger partial charge in [-0.15, -0.1) is 24.0 Å². The third-order valence-corrected chi connectivity index (χ3v) is 4.19. The van der Waals surface area contributed by atoms with Crippen LogP contribution in [0.3, 0.4) is 0 Å². The zero-order valence-electron chi connectivity index (χ0n) is 17.1. The smallest absolute Gasteiger partial charge is 0.251 e. The highest BCUT2D eigenvalue weighted by atomic mass is 127. The molecule has 0 atom stereocenters. The summed E-state index contributed by atoms with van der Waals surface area (Å²) in [7, 11) is 1.63. The molecule has 2 aromatic carbocycles. The summed E-state index contributed by atoms with van der Waals surface area (Å²) in [6.45, 7) is 8.51. The molecule has 0 spiro atoms. The molecule has 5 nitrogen and oxygen atoms in total. The lowest BCUT2D eigenvalue weighted by Gasteiger charge is -2.12. The predicted octanol–water partition coefficient (Wildman–Crippen LogP) is 3.58. The number of hydrogen-bond acceptors (Lipinski definition) is 2. The molecule has 0 fully saturated rings. The molecule has 0 aliphatic rings. The SMILES string of the molecule is CCNC(=NCc1ccc(C(=O)NC)cc1)NCCc1cc(C)cc(C)c1.I. The molecule has 1 amide bonds. The van der Waals surface area contributed by atoms with Gasteiger partial charge >= 0.3 is 0 Å². The van der Waals surface area contributed by atoms with Crippen LogP contribution < -0.4 is 16.0 Å². The van der Waals surface area contributed by atoms with Crippen LogP contribution in [-0.2, 0) is 13.0 Å². The molecule has 0 saturated heterocycles. The molecule has 0 heterocycles. The summed E-state index contributed by atoms with van der Waals surface area (Å²) in [5.41, 5.74) is 5.65. The summed E-state index contributed by atoms with van der Waals surface area (Å²) in [4.78, 5) is 16.2. The van der Waals surface area contributed by atoms with Crippen molar-refractivity contribution in [3.63, 3.8) is 0 Å². The highest BCUT2D eigenvalue weighted by Gasteiger charge is 2.03. The van der Waals surface area contributed by atoms with Gasteiger partial charge in [0.2, 0.25) is 0 Å². The Morgan fingerprint density at radius 2 is 1.61 bits per heavy atom. The number of amides is 1. The van der Waals surface area contributed by atoms with Crippen molar-refractivity contribution >= 4 is 35.8 Å². The summed E-state index contributed by atoms with van der Waals surface area (Å²) in [6, 6.07) is 14.2. The molecule has 0 saturated carbocycles. The quantitative estimate of drug-likeness (QED) is 0.313. The number of carbonyl (C=O) groups excluding carboxylic acids is 1. The van der Waals surface area contributed by atoms with Gasteiger partial charge < -0.3 is 16.0 Å². The highest BCUT2D eigenvalue weighted by molar-refractivity contribution is 14.0. The van der Waals surface area contributed by atoms with Crippen molar-refractivity contribution in [2.75, 3.05) is 20.1 Å². The van der Waals surface area contributed by atoms with Crippen molar-refractivity contribution in [1.82, 2.24) is 16.0 Å². The number of rotatable bonds is 7. The highest BCUT2D eigenvalue weighted by Crippen LogP contribution is 2.09. The topological polar surface area (TPSA) is 65.5 Å². The second-order valence-electron chi connectivity index (χ2n) is 6.64. The largest absolute Gasteiger partial charge is 0.357 e. The number of aliphatic imine (C=N–C) groups is 1. The van der Waals surface area contributed by atoms with Gasteiger partial charge in [-0.1, -0.05) is 41.5 Å². The minimum absolute atomic E-state index is 0. The van der Waals surface area contributed by atoms with E-state index in [0.29, 0.717) is 12.1 Å². The van der Waals surface area contributed by atoms with Crippen LogP contribution in [0.5, 0.6) is 0 Å². The number of nitrogens with one attached hydrogen (secondary N) is 3. The summed E-state index contributed by atoms with van der Waals surface area (Å²) in [5, 5.41) is 9.29. The lowest BCUT2D eigenvalue weighted by molar-refractivity contribution is 0.0963. The Morgan fingerprint density at radius 1 is 0.964 bits per heavy atom. The van der Waals surface area contributed by atoms with E-state index >= 15 is 0 Å². The van der Waals surface area contributed by atoms with Gasteiger partial charge in [0.1, 0.15) is 0 Å². The van der Waals surface area contributed by atoms with Gasteiger partial charge in [-0.3, -0.25) is 4.79 Å². The second-order valence-corrected chi connectivity index (χ2v) is 6.64. The lowest BCUT2D eigenvalue weighted by atomic mass is 10.1. The van der Waals surface area contributed by atoms with E-state index in [1.807, 2.05) is 24.3 Å². The molecular formula is C22H31IN4O. The summed E-state index contributed by atoms with van der Waals surface area (Å²) in [6.07, 6.45) is 0.952. The van der Waals surface area contributed by atoms with Crippen LogP contribution in [0.2, 0.25) is 0 Å². The standard InChI is InChI=1S/C22H30N4O.HI/c1-5-24-22(25-11-10-19-13-16(2)12-17(3)14-19)26-15-18-6-8-20(9-7-18)21(27)23-4;/h6-9,12-14H,5,10-11,15H2,1-4H3,(H,23,27)(H2,24,25,26);1H. The third kappa shape index (κ3) is 7.88. The number of aryl methyl sites for hydroxylation is 2. The normalized spacial score (nSPS) is 10.8. The predicted molar refractivity (Wildman–Crippen MR) is 128 cm³/mol. The number of hydrogen-bond donors (Lipinski definition) is 3. The number of halogens is 1. The van der Waals surface area contributed by atoms with E-state index in [-0.39, 0.29) is 29.9 Å². The summed E-state index contributed by atoms with van der Waals surface area (Å²) in [5.74, 6) is 0.726. The molecule has 0 aromatic heterocycles. The van der Waals surface area contributed by atoms with E-state index in [1.165, 1.54) is 16.7 Å². The summed E-state index contributed by atoms with van der Waals surface area (Å²) >= 11 is 0. The molecule has 0 bridgehead atoms. The first-order valence-electron chi connectivity index (χ1n) is 9.42. The Balaban J connectivity index is 0.00000392. The van der Waals surface area contributed by atoms with Crippen molar-refractivity contribution in [1.29, 1.82) is 0 Å². The third-order valence-electron chi connectivity index (χ3n) is 4.19. The van der Waals surface area contributed by atoms with Gasteiger partial charge in [-0.25, -0.2) is 4.99 Å². The second kappa shape index (κ2) is 12.4. The van der Waals surface area contributed by atoms with E-state index in [2.05, 4.69) is 59.9 Å². The zero-order chi connectivity index (χ0) is 19.6. The molecular weight excluding hydrogens is 463 g/mol. The van der Waals surface area contributed by atoms with Crippen molar-refractivity contribution in [3.05, 3.63) is 70.3 Å². The van der Waals surface area contributed by atoms with Crippen molar-refractivity contribution in [2.24, 2.45) is 4.99 Å². The van der Waals surface area contributed by atoms with Gasteiger partial charge in [-0.05, 0) is 50.5 Å². The number of benzene rings is 2. The Bertz CT molecular complexity index is 767. The van der Waals surface area contributed by atoms with Crippen LogP contribution in [0.15, 0.2) is 47.5 Å². The summed E-state index contributed by atoms with van der Waals surface area (Å²) < 4.78 is 0. The van der Waals surface area contributed by atoms with Crippen LogP contribution >= 0.6 is 24.0 Å². The van der Waals surface area contributed by atoms with Crippen LogP contribution in [0.1, 0.15) is 39.5 Å². The average Bonchev–Trinajstić information content (AvgIpc) is 2.65. The van der Waals surface area contributed by atoms with E-state index < -0.39 is 0 Å². The molecule has 2 rings (SSSR count). The van der Waals surface area contributed by atoms with Crippen LogP contribution in [0, 0.1) is 13.8 Å². The van der Waals surface area contributed by atoms with Gasteiger partial charge in [0.15, 0.2) is 5.96 Å². The molecule has 6 heteroatoms. The number of nitrogens with zero attached hydrogens (tertiary/aromatic N) is 1. The maximum absolute atomic E-state index is 11.6. The molecule has 3 N–H and O–H groups in total. The Morgan fingerprint density at radius 3 is 2.18 bits per heavy atom. The molecule has 0 radical (unpaired) electrons. The monoisotopic (exact) mass is 494 g/mol. The molecule has 0 aliphatic carbocycles. The first-order chi connectivity index (χ1) is 13.0. The van der Waals surface area contributed by atoms with E-state index in [9.17, 15) is 4.79 Å². The Hall–Kier alpha value is -2.09. The fourth-order valence-corrected chi connectivity index (χ4v) is 2.96. The van der Waals surface area contributed by atoms with Crippen molar-refractivity contribution in [2.45, 2.75) is 33.7 Å². The average molecular weight is 494 g/mol. The molecule has 2 aromatic rings. The van der Waals surface area contributed by atoms with Crippen LogP contribution in [-0.4, -0.2) is 32.0 Å². The van der Waals surface area contributed by atoms with Crippen molar-refractivity contribution in [3.8, 4) is 0 Å². The van der Waals surface area contributed by atoms with E-state index in [4.69, 9.17) is 0 Å². The van der Waals surface area contributed by atoms with Gasteiger partial charge in [0.25, 0.3) is 5.91 Å². The number of guanidine groups is 1. The fraction of sp³-hybridized carbons (Fsp3) is 0.364. The Labute approximate surface area is 185 Å². The lowest BCUT2D eigenvalue weighted by Crippen LogP contribution is -2.38. The van der Waals surface area contributed by atoms with Gasteiger partial charge in [0, 0.05) is 25.7 Å². The zero-order valence-corrected chi connectivity index (χ0v) is 19.5. The number of carbonyl (C=O) groups is 1. The first-order valence-corrected chi connectivity index (χ1v) is 9.42. The van der Waals surface area contributed by atoms with Gasteiger partial charge in [-0.2, -0.15) is 0 Å². The molecule has 28 heavy (non-hydrogen) atoms. The van der Waals surface area contributed by atoms with Crippen LogP contribution in [0.25, 0.3) is 0 Å². The first kappa shape index (κ1) is 23.9. The maximum Gasteiger partial charge on any atom is 0.251 e. The van der Waals surface area contributed by atoms with E-state index in [1.54, 1.807) is 7.05 Å². The minimum atomic E-state index is -0.0774. The maximum atomic E-state index is 11.6. The van der Waals surface area contributed by atoms with E-state index in [0.717, 1.165) is 31.0 Å². The fourth-order valence-electron chi connectivity index (χ4n) is 2.96. The Kier molecular flexibility index (Phi) is 10.6. The minimum Gasteiger partial charge on any atom is -0.357 e. The molecule has 0 unspecified atom stereocenters. The molecule has 152 valence electrons. The van der Waals surface area contributed by atoms with Crippen molar-refractivity contribution < 1.29 is 4.79 Å². The van der Waals surface area contributed by atoms with Gasteiger partial charge in [0.05, 0.1) is 6.54 Å². The van der Waals surface area contributed by atoms with Crippen LogP contribution in [0.4, 0.5) is 0 Å².